The standard InChI is InChI=1S/C18H15Cl2N3O3S/c1-2-7-26-15-6-4-3-5-14(15)17(25)22-23-18(27)21-16(24)11-8-12(19)10-13(20)9-11/h2-6,8-10H,1,7H2,(H,22,25)(H2,21,23,24,27). The van der Waals surface area contributed by atoms with Gasteiger partial charge in [0.2, 0.25) is 0 Å². The number of thiocarbonyl (C=S) groups is 1. The predicted molar refractivity (Wildman–Crippen MR) is 109 cm³/mol. The van der Waals surface area contributed by atoms with Crippen LogP contribution in [0.5, 0.6) is 5.75 Å². The number of carbonyl (C=O) groups excluding carboxylic acids is 2. The van der Waals surface area contributed by atoms with Crippen molar-refractivity contribution in [2.24, 2.45) is 0 Å². The smallest absolute Gasteiger partial charge is 0.273 e. The zero-order chi connectivity index (χ0) is 19.8. The molecule has 2 amide bonds. The Morgan fingerprint density at radius 1 is 1.07 bits per heavy atom. The zero-order valence-corrected chi connectivity index (χ0v) is 16.3. The van der Waals surface area contributed by atoms with Gasteiger partial charge in [-0.3, -0.25) is 25.8 Å². The van der Waals surface area contributed by atoms with Crippen molar-refractivity contribution in [2.45, 2.75) is 0 Å². The van der Waals surface area contributed by atoms with Crippen LogP contribution < -0.4 is 20.9 Å². The van der Waals surface area contributed by atoms with Crippen LogP contribution in [0.15, 0.2) is 55.1 Å². The Bertz CT molecular complexity index is 870. The van der Waals surface area contributed by atoms with E-state index in [1.54, 1.807) is 30.3 Å². The van der Waals surface area contributed by atoms with Crippen LogP contribution in [0.4, 0.5) is 0 Å². The van der Waals surface area contributed by atoms with Gasteiger partial charge in [0, 0.05) is 15.6 Å². The second-order valence-electron chi connectivity index (χ2n) is 5.12. The van der Waals surface area contributed by atoms with Gasteiger partial charge in [-0.15, -0.1) is 0 Å². The number of carbonyl (C=O) groups is 2. The third-order valence-corrected chi connectivity index (χ3v) is 3.77. The van der Waals surface area contributed by atoms with Crippen LogP contribution in [0.25, 0.3) is 0 Å². The van der Waals surface area contributed by atoms with Crippen LogP contribution in [0.2, 0.25) is 10.0 Å². The van der Waals surface area contributed by atoms with Gasteiger partial charge >= 0.3 is 0 Å². The Labute approximate surface area is 171 Å². The number of rotatable bonds is 5. The van der Waals surface area contributed by atoms with Gasteiger partial charge in [0.15, 0.2) is 5.11 Å². The van der Waals surface area contributed by atoms with E-state index in [1.807, 2.05) is 0 Å². The highest BCUT2D eigenvalue weighted by Crippen LogP contribution is 2.19. The van der Waals surface area contributed by atoms with Crippen molar-refractivity contribution in [1.29, 1.82) is 0 Å². The summed E-state index contributed by atoms with van der Waals surface area (Å²) in [5, 5.41) is 2.94. The molecule has 0 aromatic heterocycles. The average Bonchev–Trinajstić information content (AvgIpc) is 2.63. The molecule has 27 heavy (non-hydrogen) atoms. The van der Waals surface area contributed by atoms with Gasteiger partial charge in [-0.1, -0.05) is 48.0 Å². The van der Waals surface area contributed by atoms with Crippen molar-refractivity contribution >= 4 is 52.3 Å². The third kappa shape index (κ3) is 6.25. The normalized spacial score (nSPS) is 9.85. The molecular weight excluding hydrogens is 409 g/mol. The SMILES string of the molecule is C=CCOc1ccccc1C(=O)NNC(=S)NC(=O)c1cc(Cl)cc(Cl)c1. The van der Waals surface area contributed by atoms with Gasteiger partial charge in [0.25, 0.3) is 11.8 Å². The lowest BCUT2D eigenvalue weighted by Crippen LogP contribution is -2.48. The van der Waals surface area contributed by atoms with Crippen LogP contribution in [0.1, 0.15) is 20.7 Å². The number of benzene rings is 2. The van der Waals surface area contributed by atoms with Crippen LogP contribution in [0.3, 0.4) is 0 Å². The first-order valence-corrected chi connectivity index (χ1v) is 8.77. The molecule has 0 aliphatic heterocycles. The number of hydrogen-bond donors (Lipinski definition) is 3. The molecule has 2 aromatic carbocycles. The molecule has 0 spiro atoms. The number of hydrogen-bond acceptors (Lipinski definition) is 4. The molecule has 9 heteroatoms. The van der Waals surface area contributed by atoms with Crippen molar-refractivity contribution in [3.8, 4) is 5.75 Å². The van der Waals surface area contributed by atoms with Crippen molar-refractivity contribution < 1.29 is 14.3 Å². The molecule has 0 bridgehead atoms. The monoisotopic (exact) mass is 423 g/mol. The number of para-hydroxylation sites is 1. The number of ether oxygens (including phenoxy) is 1. The Kier molecular flexibility index (Phi) is 7.60. The van der Waals surface area contributed by atoms with Gasteiger partial charge < -0.3 is 4.74 Å². The summed E-state index contributed by atoms with van der Waals surface area (Å²) in [4.78, 5) is 24.4. The maximum absolute atomic E-state index is 12.3. The molecule has 0 saturated heterocycles. The van der Waals surface area contributed by atoms with Crippen LogP contribution in [0, 0.1) is 0 Å². The first-order valence-electron chi connectivity index (χ1n) is 7.61. The number of amides is 2. The molecule has 0 unspecified atom stereocenters. The highest BCUT2D eigenvalue weighted by atomic mass is 35.5. The summed E-state index contributed by atoms with van der Waals surface area (Å²) < 4.78 is 5.42. The summed E-state index contributed by atoms with van der Waals surface area (Å²) in [6, 6.07) is 11.1. The molecule has 0 radical (unpaired) electrons. The van der Waals surface area contributed by atoms with Crippen molar-refractivity contribution in [3.63, 3.8) is 0 Å². The summed E-state index contributed by atoms with van der Waals surface area (Å²) >= 11 is 16.7. The molecule has 2 rings (SSSR count). The first-order chi connectivity index (χ1) is 12.9. The Hall–Kier alpha value is -2.61. The number of halogens is 2. The van der Waals surface area contributed by atoms with E-state index in [9.17, 15) is 9.59 Å². The topological polar surface area (TPSA) is 79.5 Å². The largest absolute Gasteiger partial charge is 0.489 e. The van der Waals surface area contributed by atoms with Crippen molar-refractivity contribution in [3.05, 3.63) is 76.3 Å². The van der Waals surface area contributed by atoms with Gasteiger partial charge in [0.05, 0.1) is 5.56 Å². The van der Waals surface area contributed by atoms with Gasteiger partial charge in [-0.25, -0.2) is 0 Å². The predicted octanol–water partition coefficient (Wildman–Crippen LogP) is 3.51. The maximum atomic E-state index is 12.3. The molecule has 0 fully saturated rings. The second kappa shape index (κ2) is 9.91. The molecule has 0 heterocycles. The summed E-state index contributed by atoms with van der Waals surface area (Å²) in [7, 11) is 0. The summed E-state index contributed by atoms with van der Waals surface area (Å²) in [5.41, 5.74) is 5.37. The van der Waals surface area contributed by atoms with Gasteiger partial charge in [-0.2, -0.15) is 0 Å². The number of nitrogens with one attached hydrogen (secondary N) is 3. The van der Waals surface area contributed by atoms with Crippen LogP contribution >= 0.6 is 35.4 Å². The molecule has 0 atom stereocenters. The maximum Gasteiger partial charge on any atom is 0.273 e. The van der Waals surface area contributed by atoms with Crippen molar-refractivity contribution in [1.82, 2.24) is 16.2 Å². The molecule has 0 saturated carbocycles. The highest BCUT2D eigenvalue weighted by molar-refractivity contribution is 7.80. The number of hydrazine groups is 1. The quantitative estimate of drug-likeness (QED) is 0.389. The molecule has 0 aliphatic carbocycles. The van der Waals surface area contributed by atoms with E-state index in [-0.39, 0.29) is 17.3 Å². The van der Waals surface area contributed by atoms with E-state index < -0.39 is 11.8 Å². The minimum atomic E-state index is -0.527. The van der Waals surface area contributed by atoms with E-state index in [0.29, 0.717) is 21.4 Å². The first kappa shape index (κ1) is 20.7. The van der Waals surface area contributed by atoms with Crippen LogP contribution in [-0.2, 0) is 0 Å². The molecule has 3 N–H and O–H groups in total. The molecule has 140 valence electrons. The fraction of sp³-hybridized carbons (Fsp3) is 0.0556. The third-order valence-electron chi connectivity index (χ3n) is 3.13. The molecule has 2 aromatic rings. The molecule has 6 nitrogen and oxygen atoms in total. The van der Waals surface area contributed by atoms with E-state index >= 15 is 0 Å². The Balaban J connectivity index is 1.94. The van der Waals surface area contributed by atoms with Gasteiger partial charge in [0.1, 0.15) is 12.4 Å². The lowest BCUT2D eigenvalue weighted by Gasteiger charge is -2.13. The summed E-state index contributed by atoms with van der Waals surface area (Å²) in [5.74, 6) is -0.627. The van der Waals surface area contributed by atoms with E-state index in [4.69, 9.17) is 40.2 Å². The summed E-state index contributed by atoms with van der Waals surface area (Å²) in [6.45, 7) is 3.82. The fourth-order valence-corrected chi connectivity index (χ4v) is 2.67. The molecule has 0 aliphatic rings. The van der Waals surface area contributed by atoms with Gasteiger partial charge in [-0.05, 0) is 42.5 Å². The molecular formula is C18H15Cl2N3O3S. The highest BCUT2D eigenvalue weighted by Gasteiger charge is 2.13. The lowest BCUT2D eigenvalue weighted by atomic mass is 10.2. The minimum Gasteiger partial charge on any atom is -0.489 e. The second-order valence-corrected chi connectivity index (χ2v) is 6.40. The van der Waals surface area contributed by atoms with Crippen molar-refractivity contribution in [2.75, 3.05) is 6.61 Å². The summed E-state index contributed by atoms with van der Waals surface area (Å²) in [6.07, 6.45) is 1.57. The Morgan fingerprint density at radius 3 is 2.41 bits per heavy atom. The minimum absolute atomic E-state index is 0.103. The van der Waals surface area contributed by atoms with E-state index in [0.717, 1.165) is 0 Å². The lowest BCUT2D eigenvalue weighted by molar-refractivity contribution is 0.0931. The fourth-order valence-electron chi connectivity index (χ4n) is 2.00. The van der Waals surface area contributed by atoms with E-state index in [1.165, 1.54) is 18.2 Å². The van der Waals surface area contributed by atoms with Crippen LogP contribution in [-0.4, -0.2) is 23.5 Å². The Morgan fingerprint density at radius 2 is 1.74 bits per heavy atom. The average molecular weight is 424 g/mol. The van der Waals surface area contributed by atoms with E-state index in [2.05, 4.69) is 22.7 Å². The zero-order valence-electron chi connectivity index (χ0n) is 13.9.